The van der Waals surface area contributed by atoms with E-state index in [0.717, 1.165) is 8.95 Å². The number of benzene rings is 1. The van der Waals surface area contributed by atoms with E-state index in [0.29, 0.717) is 17.1 Å². The Balaban J connectivity index is 3.43. The summed E-state index contributed by atoms with van der Waals surface area (Å²) in [6, 6.07) is 1.77. The Hall–Kier alpha value is -0.520. The zero-order valence-corrected chi connectivity index (χ0v) is 13.0. The molecule has 0 aliphatic rings. The molecule has 1 rings (SSSR count). The topological polar surface area (TPSA) is 35.5 Å². The molecule has 0 saturated carbocycles. The second kappa shape index (κ2) is 6.42. The largest absolute Gasteiger partial charge is 0.493 e. The number of halogens is 3. The maximum Gasteiger partial charge on any atom is 0.245 e. The minimum absolute atomic E-state index is 0.525. The van der Waals surface area contributed by atoms with Crippen LogP contribution >= 0.6 is 43.5 Å². The van der Waals surface area contributed by atoms with E-state index >= 15 is 0 Å². The SMILES string of the molecule is COc1cc(Br)c(Br)c(/C=C/C(=O)Cl)c1OC. The number of allylic oxidation sites excluding steroid dienone is 1. The molecule has 0 spiro atoms. The number of carbonyl (C=O) groups is 1. The van der Waals surface area contributed by atoms with Gasteiger partial charge >= 0.3 is 0 Å². The van der Waals surface area contributed by atoms with Crippen LogP contribution in [-0.2, 0) is 4.79 Å². The van der Waals surface area contributed by atoms with Crippen LogP contribution in [0.15, 0.2) is 21.1 Å². The van der Waals surface area contributed by atoms with Gasteiger partial charge < -0.3 is 9.47 Å². The smallest absolute Gasteiger partial charge is 0.245 e. The lowest BCUT2D eigenvalue weighted by Crippen LogP contribution is -1.95. The zero-order valence-electron chi connectivity index (χ0n) is 9.09. The molecule has 0 heterocycles. The minimum atomic E-state index is -0.558. The molecular formula is C11H9Br2ClO3. The predicted octanol–water partition coefficient (Wildman–Crippen LogP) is 4.01. The first-order chi connectivity index (χ1) is 8.01. The van der Waals surface area contributed by atoms with Gasteiger partial charge in [-0.1, -0.05) is 0 Å². The van der Waals surface area contributed by atoms with Crippen LogP contribution < -0.4 is 9.47 Å². The fraction of sp³-hybridized carbons (Fsp3) is 0.182. The van der Waals surface area contributed by atoms with Gasteiger partial charge in [-0.2, -0.15) is 0 Å². The van der Waals surface area contributed by atoms with Gasteiger partial charge in [-0.05, 0) is 61.7 Å². The normalized spacial score (nSPS) is 10.6. The Labute approximate surface area is 121 Å². The monoisotopic (exact) mass is 382 g/mol. The highest BCUT2D eigenvalue weighted by atomic mass is 79.9. The summed E-state index contributed by atoms with van der Waals surface area (Å²) < 4.78 is 12.0. The van der Waals surface area contributed by atoms with Crippen molar-refractivity contribution in [2.45, 2.75) is 0 Å². The van der Waals surface area contributed by atoms with Crippen LogP contribution in [0.2, 0.25) is 0 Å². The molecule has 17 heavy (non-hydrogen) atoms. The number of methoxy groups -OCH3 is 2. The van der Waals surface area contributed by atoms with Crippen LogP contribution in [0, 0.1) is 0 Å². The molecule has 0 unspecified atom stereocenters. The maximum atomic E-state index is 10.7. The summed E-state index contributed by atoms with van der Waals surface area (Å²) >= 11 is 12.0. The number of rotatable bonds is 4. The lowest BCUT2D eigenvalue weighted by atomic mass is 10.1. The summed E-state index contributed by atoms with van der Waals surface area (Å²) in [6.07, 6.45) is 2.81. The van der Waals surface area contributed by atoms with Crippen LogP contribution in [0.1, 0.15) is 5.56 Å². The average molecular weight is 384 g/mol. The molecule has 0 aromatic heterocycles. The van der Waals surface area contributed by atoms with E-state index in [2.05, 4.69) is 31.9 Å². The van der Waals surface area contributed by atoms with Gasteiger partial charge in [0.1, 0.15) is 0 Å². The van der Waals surface area contributed by atoms with Gasteiger partial charge in [0.05, 0.1) is 14.2 Å². The van der Waals surface area contributed by atoms with Crippen molar-refractivity contribution in [1.29, 1.82) is 0 Å². The minimum Gasteiger partial charge on any atom is -0.493 e. The Bertz CT molecular complexity index is 472. The molecule has 0 aliphatic carbocycles. The summed E-state index contributed by atoms with van der Waals surface area (Å²) in [6.45, 7) is 0. The maximum absolute atomic E-state index is 10.7. The van der Waals surface area contributed by atoms with Gasteiger partial charge in [0, 0.05) is 14.5 Å². The fourth-order valence-corrected chi connectivity index (χ4v) is 2.18. The predicted molar refractivity (Wildman–Crippen MR) is 74.8 cm³/mol. The first kappa shape index (κ1) is 14.5. The van der Waals surface area contributed by atoms with Gasteiger partial charge in [0.25, 0.3) is 0 Å². The van der Waals surface area contributed by atoms with Crippen LogP contribution in [0.25, 0.3) is 6.08 Å². The van der Waals surface area contributed by atoms with Crippen molar-refractivity contribution >= 4 is 54.8 Å². The van der Waals surface area contributed by atoms with Crippen LogP contribution in [0.3, 0.4) is 0 Å². The summed E-state index contributed by atoms with van der Waals surface area (Å²) in [5, 5.41) is -0.558. The van der Waals surface area contributed by atoms with Crippen molar-refractivity contribution in [2.24, 2.45) is 0 Å². The van der Waals surface area contributed by atoms with Crippen LogP contribution in [0.5, 0.6) is 11.5 Å². The lowest BCUT2D eigenvalue weighted by Gasteiger charge is -2.13. The van der Waals surface area contributed by atoms with E-state index < -0.39 is 5.24 Å². The van der Waals surface area contributed by atoms with Crippen molar-refractivity contribution in [3.63, 3.8) is 0 Å². The Morgan fingerprint density at radius 1 is 1.35 bits per heavy atom. The molecule has 0 fully saturated rings. The molecular weight excluding hydrogens is 375 g/mol. The van der Waals surface area contributed by atoms with Crippen LogP contribution in [-0.4, -0.2) is 19.5 Å². The number of ether oxygens (including phenoxy) is 2. The average Bonchev–Trinajstić information content (AvgIpc) is 2.29. The van der Waals surface area contributed by atoms with Crippen molar-refractivity contribution in [2.75, 3.05) is 14.2 Å². The van der Waals surface area contributed by atoms with Gasteiger partial charge in [-0.15, -0.1) is 0 Å². The molecule has 0 saturated heterocycles. The molecule has 1 aromatic rings. The van der Waals surface area contributed by atoms with Gasteiger partial charge in [-0.3, -0.25) is 4.79 Å². The van der Waals surface area contributed by atoms with E-state index in [9.17, 15) is 4.79 Å². The molecule has 6 heteroatoms. The summed E-state index contributed by atoms with van der Waals surface area (Å²) in [7, 11) is 3.07. The van der Waals surface area contributed by atoms with Gasteiger partial charge in [0.15, 0.2) is 11.5 Å². The Morgan fingerprint density at radius 3 is 2.47 bits per heavy atom. The number of hydrogen-bond acceptors (Lipinski definition) is 3. The lowest BCUT2D eigenvalue weighted by molar-refractivity contribution is -0.107. The Kier molecular flexibility index (Phi) is 5.49. The molecule has 92 valence electrons. The van der Waals surface area contributed by atoms with E-state index in [1.54, 1.807) is 19.3 Å². The highest BCUT2D eigenvalue weighted by Gasteiger charge is 2.15. The van der Waals surface area contributed by atoms with Crippen LogP contribution in [0.4, 0.5) is 0 Å². The summed E-state index contributed by atoms with van der Waals surface area (Å²) in [5.41, 5.74) is 0.674. The van der Waals surface area contributed by atoms with E-state index in [1.165, 1.54) is 13.2 Å². The molecule has 0 N–H and O–H groups in total. The van der Waals surface area contributed by atoms with Gasteiger partial charge in [-0.25, -0.2) is 0 Å². The highest BCUT2D eigenvalue weighted by molar-refractivity contribution is 9.13. The third kappa shape index (κ3) is 3.47. The molecule has 0 bridgehead atoms. The third-order valence-electron chi connectivity index (χ3n) is 1.98. The van der Waals surface area contributed by atoms with E-state index in [-0.39, 0.29) is 0 Å². The second-order valence-electron chi connectivity index (χ2n) is 2.96. The third-order valence-corrected chi connectivity index (χ3v) is 4.12. The highest BCUT2D eigenvalue weighted by Crippen LogP contribution is 2.41. The second-order valence-corrected chi connectivity index (χ2v) is 4.98. The summed E-state index contributed by atoms with van der Waals surface area (Å²) in [5.74, 6) is 1.08. The quantitative estimate of drug-likeness (QED) is 0.581. The molecule has 1 aromatic carbocycles. The summed E-state index contributed by atoms with van der Waals surface area (Å²) in [4.78, 5) is 10.7. The van der Waals surface area contributed by atoms with Gasteiger partial charge in [0.2, 0.25) is 5.24 Å². The first-order valence-electron chi connectivity index (χ1n) is 4.48. The van der Waals surface area contributed by atoms with Crippen molar-refractivity contribution in [1.82, 2.24) is 0 Å². The van der Waals surface area contributed by atoms with Crippen molar-refractivity contribution in [3.05, 3.63) is 26.7 Å². The standard InChI is InChI=1S/C11H9Br2ClO3/c1-16-8-5-7(12)10(13)6(11(8)17-2)3-4-9(14)15/h3-5H,1-2H3/b4-3+. The fourth-order valence-electron chi connectivity index (χ4n) is 1.26. The van der Waals surface area contributed by atoms with E-state index in [4.69, 9.17) is 21.1 Å². The first-order valence-corrected chi connectivity index (χ1v) is 6.45. The molecule has 0 radical (unpaired) electrons. The van der Waals surface area contributed by atoms with Crippen molar-refractivity contribution < 1.29 is 14.3 Å². The molecule has 0 amide bonds. The van der Waals surface area contributed by atoms with Crippen molar-refractivity contribution in [3.8, 4) is 11.5 Å². The molecule has 3 nitrogen and oxygen atoms in total. The molecule has 0 atom stereocenters. The number of hydrogen-bond donors (Lipinski definition) is 0. The van der Waals surface area contributed by atoms with E-state index in [1.807, 2.05) is 0 Å². The molecule has 0 aliphatic heterocycles. The zero-order chi connectivity index (χ0) is 13.0. The Morgan fingerprint density at radius 2 is 2.00 bits per heavy atom. The number of carbonyl (C=O) groups excluding carboxylic acids is 1.